The zero-order valence-electron chi connectivity index (χ0n) is 18.5. The summed E-state index contributed by atoms with van der Waals surface area (Å²) in [5.74, 6) is -0.274. The van der Waals surface area contributed by atoms with Crippen molar-refractivity contribution in [1.29, 1.82) is 0 Å². The van der Waals surface area contributed by atoms with Crippen molar-refractivity contribution in [3.8, 4) is 17.1 Å². The molecule has 8 nitrogen and oxygen atoms in total. The maximum absolute atomic E-state index is 13.8. The van der Waals surface area contributed by atoms with E-state index in [1.807, 2.05) is 0 Å². The summed E-state index contributed by atoms with van der Waals surface area (Å²) in [5, 5.41) is 10.1. The monoisotopic (exact) mass is 478 g/mol. The van der Waals surface area contributed by atoms with Gasteiger partial charge >= 0.3 is 5.97 Å². The van der Waals surface area contributed by atoms with E-state index in [-0.39, 0.29) is 22.7 Å². The molecule has 0 spiro atoms. The molecule has 2 heterocycles. The van der Waals surface area contributed by atoms with Gasteiger partial charge in [0.25, 0.3) is 10.0 Å². The van der Waals surface area contributed by atoms with Crippen LogP contribution in [0.15, 0.2) is 88.6 Å². The lowest BCUT2D eigenvalue weighted by atomic mass is 10.0. The van der Waals surface area contributed by atoms with Crippen molar-refractivity contribution < 1.29 is 27.5 Å². The lowest BCUT2D eigenvalue weighted by molar-refractivity contribution is 0.0697. The number of anilines is 1. The van der Waals surface area contributed by atoms with Gasteiger partial charge < -0.3 is 14.3 Å². The van der Waals surface area contributed by atoms with Crippen molar-refractivity contribution in [3.05, 3.63) is 96.0 Å². The Morgan fingerprint density at radius 3 is 2.47 bits per heavy atom. The molecule has 0 fully saturated rings. The number of carboxylic acids is 1. The second kappa shape index (κ2) is 9.40. The van der Waals surface area contributed by atoms with Crippen molar-refractivity contribution in [2.24, 2.45) is 0 Å². The van der Waals surface area contributed by atoms with Gasteiger partial charge in [0.05, 0.1) is 36.1 Å². The first-order chi connectivity index (χ1) is 16.3. The van der Waals surface area contributed by atoms with Crippen molar-refractivity contribution in [3.63, 3.8) is 0 Å². The fourth-order valence-electron chi connectivity index (χ4n) is 3.68. The number of nitrogens with zero attached hydrogens (tertiary/aromatic N) is 2. The van der Waals surface area contributed by atoms with Crippen molar-refractivity contribution >= 4 is 21.7 Å². The van der Waals surface area contributed by atoms with Crippen LogP contribution in [0.2, 0.25) is 0 Å². The van der Waals surface area contributed by atoms with Gasteiger partial charge in [-0.1, -0.05) is 6.07 Å². The summed E-state index contributed by atoms with van der Waals surface area (Å²) < 4.78 is 39.3. The minimum absolute atomic E-state index is 0.00281. The van der Waals surface area contributed by atoms with E-state index < -0.39 is 16.0 Å². The smallest absolute Gasteiger partial charge is 0.337 e. The van der Waals surface area contributed by atoms with E-state index in [4.69, 9.17) is 9.15 Å². The Morgan fingerprint density at radius 2 is 1.88 bits per heavy atom. The molecule has 0 aliphatic rings. The van der Waals surface area contributed by atoms with Gasteiger partial charge in [-0.15, -0.1) is 0 Å². The Hall–Kier alpha value is -4.11. The molecule has 2 aromatic heterocycles. The molecule has 2 aromatic carbocycles. The van der Waals surface area contributed by atoms with Gasteiger partial charge in [-0.2, -0.15) is 0 Å². The van der Waals surface area contributed by atoms with E-state index in [0.29, 0.717) is 28.2 Å². The second-order valence-corrected chi connectivity index (χ2v) is 9.38. The zero-order chi connectivity index (χ0) is 24.3. The number of sulfonamides is 1. The first-order valence-electron chi connectivity index (χ1n) is 10.3. The highest BCUT2D eigenvalue weighted by Gasteiger charge is 2.31. The van der Waals surface area contributed by atoms with E-state index >= 15 is 0 Å². The number of carboxylic acid groups (broad SMARTS) is 1. The zero-order valence-corrected chi connectivity index (χ0v) is 19.3. The lowest BCUT2D eigenvalue weighted by Gasteiger charge is -2.28. The van der Waals surface area contributed by atoms with Crippen LogP contribution in [0.3, 0.4) is 0 Å². The molecular formula is C25H22N2O6S. The highest BCUT2D eigenvalue weighted by molar-refractivity contribution is 7.92. The molecule has 0 radical (unpaired) electrons. The Balaban J connectivity index is 1.92. The Bertz CT molecular complexity index is 1400. The minimum Gasteiger partial charge on any atom is -0.497 e. The van der Waals surface area contributed by atoms with E-state index in [9.17, 15) is 18.3 Å². The fourth-order valence-corrected chi connectivity index (χ4v) is 5.21. The average molecular weight is 479 g/mol. The Morgan fingerprint density at radius 1 is 1.12 bits per heavy atom. The van der Waals surface area contributed by atoms with Crippen LogP contribution in [0.25, 0.3) is 11.3 Å². The first kappa shape index (κ1) is 23.1. The third-order valence-electron chi connectivity index (χ3n) is 5.28. The number of furan rings is 1. The summed E-state index contributed by atoms with van der Waals surface area (Å²) in [5.41, 5.74) is 1.51. The van der Waals surface area contributed by atoms with Gasteiger partial charge in [-0.3, -0.25) is 9.29 Å². The van der Waals surface area contributed by atoms with E-state index in [1.54, 1.807) is 61.8 Å². The lowest BCUT2D eigenvalue weighted by Crippen LogP contribution is -2.32. The molecule has 1 N–H and O–H groups in total. The number of hydrogen-bond donors (Lipinski definition) is 1. The molecule has 9 heteroatoms. The largest absolute Gasteiger partial charge is 0.497 e. The molecule has 0 aliphatic heterocycles. The summed E-state index contributed by atoms with van der Waals surface area (Å²) in [6, 6.07) is 15.9. The molecule has 0 bridgehead atoms. The van der Waals surface area contributed by atoms with Gasteiger partial charge in [-0.25, -0.2) is 13.2 Å². The average Bonchev–Trinajstić information content (AvgIpc) is 3.38. The minimum atomic E-state index is -4.16. The molecule has 4 aromatic rings. The third kappa shape index (κ3) is 4.51. The van der Waals surface area contributed by atoms with Gasteiger partial charge in [-0.05, 0) is 72.6 Å². The van der Waals surface area contributed by atoms with E-state index in [1.165, 1.54) is 31.6 Å². The van der Waals surface area contributed by atoms with E-state index in [0.717, 1.165) is 4.31 Å². The van der Waals surface area contributed by atoms with Crippen molar-refractivity contribution in [2.75, 3.05) is 11.4 Å². The van der Waals surface area contributed by atoms with Crippen LogP contribution in [0, 0.1) is 6.92 Å². The quantitative estimate of drug-likeness (QED) is 0.389. The topological polar surface area (TPSA) is 110 Å². The van der Waals surface area contributed by atoms with Crippen LogP contribution in [0.1, 0.15) is 21.5 Å². The predicted octanol–water partition coefficient (Wildman–Crippen LogP) is 4.75. The van der Waals surface area contributed by atoms with Crippen LogP contribution in [0.5, 0.6) is 5.75 Å². The molecule has 0 atom stereocenters. The Labute approximate surface area is 197 Å². The summed E-state index contributed by atoms with van der Waals surface area (Å²) in [4.78, 5) is 16.4. The Kier molecular flexibility index (Phi) is 6.38. The molecule has 4 rings (SSSR count). The third-order valence-corrected chi connectivity index (χ3v) is 7.04. The molecule has 34 heavy (non-hydrogen) atoms. The maximum Gasteiger partial charge on any atom is 0.337 e. The first-order valence-corrected chi connectivity index (χ1v) is 11.7. The number of hydrogen-bond acceptors (Lipinski definition) is 6. The van der Waals surface area contributed by atoms with Crippen LogP contribution in [0.4, 0.5) is 5.69 Å². The number of aromatic nitrogens is 1. The highest BCUT2D eigenvalue weighted by Crippen LogP contribution is 2.36. The standard InChI is InChI=1S/C25H22N2O6S/c1-17-13-19(23-6-4-12-33-23)14-22(25(28)29)24(17)27(16-18-5-3-11-26-15-18)34(30,31)21-9-7-20(32-2)8-10-21/h3-15H,16H2,1-2H3,(H,28,29). The van der Waals surface area contributed by atoms with Gasteiger partial charge in [0.15, 0.2) is 0 Å². The normalized spacial score (nSPS) is 11.2. The van der Waals surface area contributed by atoms with Crippen LogP contribution in [-0.2, 0) is 16.6 Å². The summed E-state index contributed by atoms with van der Waals surface area (Å²) in [6.45, 7) is 1.57. The van der Waals surface area contributed by atoms with Crippen molar-refractivity contribution in [1.82, 2.24) is 4.98 Å². The van der Waals surface area contributed by atoms with Crippen LogP contribution < -0.4 is 9.04 Å². The summed E-state index contributed by atoms with van der Waals surface area (Å²) >= 11 is 0. The van der Waals surface area contributed by atoms with Gasteiger partial charge in [0.2, 0.25) is 0 Å². The van der Waals surface area contributed by atoms with Crippen LogP contribution in [-0.4, -0.2) is 31.6 Å². The maximum atomic E-state index is 13.8. The summed E-state index contributed by atoms with van der Waals surface area (Å²) in [7, 11) is -2.67. The summed E-state index contributed by atoms with van der Waals surface area (Å²) in [6.07, 6.45) is 4.61. The SMILES string of the molecule is COc1ccc(S(=O)(=O)N(Cc2cccnc2)c2c(C)cc(-c3ccco3)cc2C(=O)O)cc1. The van der Waals surface area contributed by atoms with E-state index in [2.05, 4.69) is 4.98 Å². The number of pyridine rings is 1. The number of aromatic carboxylic acids is 1. The van der Waals surface area contributed by atoms with Crippen molar-refractivity contribution in [2.45, 2.75) is 18.4 Å². The number of rotatable bonds is 8. The predicted molar refractivity (Wildman–Crippen MR) is 126 cm³/mol. The number of carbonyl (C=O) groups is 1. The number of aryl methyl sites for hydroxylation is 1. The highest BCUT2D eigenvalue weighted by atomic mass is 32.2. The molecule has 174 valence electrons. The number of methoxy groups -OCH3 is 1. The van der Waals surface area contributed by atoms with Crippen LogP contribution >= 0.6 is 0 Å². The van der Waals surface area contributed by atoms with Gasteiger partial charge in [0.1, 0.15) is 11.5 Å². The molecule has 0 saturated carbocycles. The number of ether oxygens (including phenoxy) is 1. The molecule has 0 saturated heterocycles. The fraction of sp³-hybridized carbons (Fsp3) is 0.120. The molecule has 0 amide bonds. The number of benzene rings is 2. The second-order valence-electron chi connectivity index (χ2n) is 7.52. The molecular weight excluding hydrogens is 456 g/mol. The molecule has 0 unspecified atom stereocenters. The molecule has 0 aliphatic carbocycles. The van der Waals surface area contributed by atoms with Gasteiger partial charge in [0, 0.05) is 18.0 Å².